The van der Waals surface area contributed by atoms with Crippen LogP contribution in [0.4, 0.5) is 0 Å². The molecule has 0 unspecified atom stereocenters. The van der Waals surface area contributed by atoms with Crippen LogP contribution in [-0.2, 0) is 11.2 Å². The number of nitrogens with zero attached hydrogens (tertiary/aromatic N) is 2. The zero-order chi connectivity index (χ0) is 9.14. The first kappa shape index (κ1) is 10.3. The van der Waals surface area contributed by atoms with Crippen molar-refractivity contribution in [2.75, 3.05) is 13.7 Å². The lowest BCUT2D eigenvalue weighted by atomic mass is 10.3. The van der Waals surface area contributed by atoms with Gasteiger partial charge in [0.2, 0.25) is 0 Å². The fourth-order valence-corrected chi connectivity index (χ4v) is 1.60. The van der Waals surface area contributed by atoms with Gasteiger partial charge in [-0.3, -0.25) is 0 Å². The van der Waals surface area contributed by atoms with Crippen molar-refractivity contribution in [2.24, 2.45) is 0 Å². The largest absolute Gasteiger partial charge is 0.384 e. The third-order valence-electron chi connectivity index (χ3n) is 1.34. The smallest absolute Gasteiger partial charge is 0.193 e. The van der Waals surface area contributed by atoms with Gasteiger partial charge in [-0.25, -0.2) is 9.07 Å². The van der Waals surface area contributed by atoms with Crippen molar-refractivity contribution >= 4 is 39.3 Å². The van der Waals surface area contributed by atoms with Gasteiger partial charge >= 0.3 is 0 Å². The maximum Gasteiger partial charge on any atom is 0.193 e. The van der Waals surface area contributed by atoms with Crippen molar-refractivity contribution < 1.29 is 4.74 Å². The molecular formula is C6H7BrCl2N2O. The van der Waals surface area contributed by atoms with Crippen LogP contribution < -0.4 is 0 Å². The Morgan fingerprint density at radius 3 is 2.75 bits per heavy atom. The van der Waals surface area contributed by atoms with Crippen LogP contribution in [-0.4, -0.2) is 22.8 Å². The van der Waals surface area contributed by atoms with Gasteiger partial charge in [-0.05, 0) is 15.9 Å². The van der Waals surface area contributed by atoms with E-state index >= 15 is 0 Å². The van der Waals surface area contributed by atoms with Crippen LogP contribution in [0.5, 0.6) is 0 Å². The highest BCUT2D eigenvalue weighted by Gasteiger charge is 2.11. The summed E-state index contributed by atoms with van der Waals surface area (Å²) in [4.78, 5) is 4.08. The lowest BCUT2D eigenvalue weighted by molar-refractivity contribution is 0.201. The minimum absolute atomic E-state index is 0.431. The molecule has 1 rings (SSSR count). The number of aromatic nitrogens is 2. The van der Waals surface area contributed by atoms with E-state index in [4.69, 9.17) is 28.1 Å². The van der Waals surface area contributed by atoms with Crippen LogP contribution >= 0.6 is 39.3 Å². The topological polar surface area (TPSA) is 27.1 Å². The second-order valence-electron chi connectivity index (χ2n) is 2.14. The van der Waals surface area contributed by atoms with Crippen molar-refractivity contribution in [2.45, 2.75) is 6.42 Å². The number of imidazole rings is 1. The molecule has 12 heavy (non-hydrogen) atoms. The Labute approximate surface area is 88.9 Å². The third-order valence-corrected chi connectivity index (χ3v) is 2.88. The highest BCUT2D eigenvalue weighted by Crippen LogP contribution is 2.23. The van der Waals surface area contributed by atoms with E-state index in [9.17, 15) is 0 Å². The van der Waals surface area contributed by atoms with Gasteiger partial charge < -0.3 is 4.74 Å². The molecule has 0 N–H and O–H groups in total. The average Bonchev–Trinajstić information content (AvgIpc) is 2.30. The molecule has 0 aliphatic rings. The molecule has 0 aliphatic heterocycles. The minimum atomic E-state index is 0.431. The first-order valence-corrected chi connectivity index (χ1v) is 4.75. The molecule has 0 saturated carbocycles. The molecule has 1 aromatic rings. The second-order valence-corrected chi connectivity index (χ2v) is 3.55. The van der Waals surface area contributed by atoms with E-state index in [1.54, 1.807) is 7.11 Å². The van der Waals surface area contributed by atoms with E-state index < -0.39 is 0 Å². The maximum atomic E-state index is 5.83. The Balaban J connectivity index is 2.79. The zero-order valence-electron chi connectivity index (χ0n) is 6.35. The molecule has 0 spiro atoms. The van der Waals surface area contributed by atoms with Crippen molar-refractivity contribution in [1.82, 2.24) is 9.07 Å². The molecule has 0 bridgehead atoms. The number of hydrogen-bond acceptors (Lipinski definition) is 2. The molecule has 68 valence electrons. The van der Waals surface area contributed by atoms with Gasteiger partial charge in [0.15, 0.2) is 4.73 Å². The van der Waals surface area contributed by atoms with Crippen LogP contribution in [0.1, 0.15) is 5.69 Å². The molecule has 1 aromatic heterocycles. The third kappa shape index (κ3) is 2.13. The monoisotopic (exact) mass is 272 g/mol. The molecule has 3 nitrogen and oxygen atoms in total. The van der Waals surface area contributed by atoms with Crippen LogP contribution in [0.3, 0.4) is 0 Å². The van der Waals surface area contributed by atoms with E-state index in [1.807, 2.05) is 0 Å². The first-order valence-electron chi connectivity index (χ1n) is 3.24. The second kappa shape index (κ2) is 4.46. The lowest BCUT2D eigenvalue weighted by Gasteiger charge is -1.95. The molecule has 1 heterocycles. The summed E-state index contributed by atoms with van der Waals surface area (Å²) in [5.41, 5.74) is 0.736. The van der Waals surface area contributed by atoms with Gasteiger partial charge in [0, 0.05) is 25.3 Å². The Bertz CT molecular complexity index is 277. The van der Waals surface area contributed by atoms with Crippen LogP contribution in [0.2, 0.25) is 5.15 Å². The van der Waals surface area contributed by atoms with E-state index in [1.165, 1.54) is 4.09 Å². The summed E-state index contributed by atoms with van der Waals surface area (Å²) in [5.74, 6) is 0. The minimum Gasteiger partial charge on any atom is -0.384 e. The zero-order valence-corrected chi connectivity index (χ0v) is 9.45. The quantitative estimate of drug-likeness (QED) is 0.846. The standard InChI is InChI=1S/C6H7BrCl2N2O/c1-12-3-2-4-5(8)11(9)6(7)10-4/h2-3H2,1H3. The number of hydrogen-bond donors (Lipinski definition) is 0. The highest BCUT2D eigenvalue weighted by atomic mass is 79.9. The summed E-state index contributed by atoms with van der Waals surface area (Å²) < 4.78 is 6.65. The average molecular weight is 274 g/mol. The SMILES string of the molecule is COCCc1nc(Br)n(Cl)c1Cl. The van der Waals surface area contributed by atoms with Crippen molar-refractivity contribution in [3.63, 3.8) is 0 Å². The van der Waals surface area contributed by atoms with E-state index in [0.717, 1.165) is 5.69 Å². The molecule has 0 amide bonds. The molecule has 0 atom stereocenters. The lowest BCUT2D eigenvalue weighted by Crippen LogP contribution is -1.95. The summed E-state index contributed by atoms with van der Waals surface area (Å²) in [6, 6.07) is 0. The van der Waals surface area contributed by atoms with Gasteiger partial charge in [0.05, 0.1) is 12.3 Å². The summed E-state index contributed by atoms with van der Waals surface area (Å²) in [5, 5.41) is 0.431. The van der Waals surface area contributed by atoms with Gasteiger partial charge in [-0.2, -0.15) is 0 Å². The van der Waals surface area contributed by atoms with Crippen LogP contribution in [0, 0.1) is 0 Å². The molecule has 0 saturated heterocycles. The number of methoxy groups -OCH3 is 1. The molecule has 6 heteroatoms. The Morgan fingerprint density at radius 2 is 2.33 bits per heavy atom. The van der Waals surface area contributed by atoms with Crippen molar-refractivity contribution in [3.05, 3.63) is 15.6 Å². The highest BCUT2D eigenvalue weighted by molar-refractivity contribution is 9.10. The fourth-order valence-electron chi connectivity index (χ4n) is 0.753. The van der Waals surface area contributed by atoms with Crippen molar-refractivity contribution in [1.29, 1.82) is 0 Å². The predicted octanol–water partition coefficient (Wildman–Crippen LogP) is 2.49. The summed E-state index contributed by atoms with van der Waals surface area (Å²) >= 11 is 14.7. The number of halogens is 3. The van der Waals surface area contributed by atoms with Gasteiger partial charge in [0.25, 0.3) is 0 Å². The Morgan fingerprint density at radius 1 is 1.67 bits per heavy atom. The summed E-state index contributed by atoms with van der Waals surface area (Å²) in [6.45, 7) is 0.583. The molecule has 0 aliphatic carbocycles. The molecule has 0 radical (unpaired) electrons. The van der Waals surface area contributed by atoms with Crippen LogP contribution in [0.25, 0.3) is 0 Å². The van der Waals surface area contributed by atoms with Crippen molar-refractivity contribution in [3.8, 4) is 0 Å². The predicted molar refractivity (Wildman–Crippen MR) is 51.8 cm³/mol. The fraction of sp³-hybridized carbons (Fsp3) is 0.500. The molecule has 0 fully saturated rings. The van der Waals surface area contributed by atoms with Gasteiger partial charge in [0.1, 0.15) is 5.15 Å². The van der Waals surface area contributed by atoms with Gasteiger partial charge in [-0.15, -0.1) is 0 Å². The van der Waals surface area contributed by atoms with E-state index in [2.05, 4.69) is 20.9 Å². The maximum absolute atomic E-state index is 5.83. The van der Waals surface area contributed by atoms with E-state index in [-0.39, 0.29) is 0 Å². The van der Waals surface area contributed by atoms with Gasteiger partial charge in [-0.1, -0.05) is 11.6 Å². The van der Waals surface area contributed by atoms with E-state index in [0.29, 0.717) is 22.9 Å². The van der Waals surface area contributed by atoms with Crippen LogP contribution in [0.15, 0.2) is 4.73 Å². The summed E-state index contributed by atoms with van der Waals surface area (Å²) in [6.07, 6.45) is 0.660. The first-order chi connectivity index (χ1) is 5.66. The number of ether oxygens (including phenoxy) is 1. The Kier molecular flexibility index (Phi) is 3.83. The summed E-state index contributed by atoms with van der Waals surface area (Å²) in [7, 11) is 1.63. The molecule has 0 aromatic carbocycles. The Hall–Kier alpha value is 0.230. The number of rotatable bonds is 3. The molecular weight excluding hydrogens is 267 g/mol. The normalized spacial score (nSPS) is 10.7.